The summed E-state index contributed by atoms with van der Waals surface area (Å²) >= 11 is 1.65. The smallest absolute Gasteiger partial charge is 0.307 e. The van der Waals surface area contributed by atoms with Crippen LogP contribution in [0.2, 0.25) is 0 Å². The second-order valence-electron chi connectivity index (χ2n) is 4.66. The molecule has 120 valence electrons. The van der Waals surface area contributed by atoms with Crippen molar-refractivity contribution in [3.05, 3.63) is 58.9 Å². The molecule has 23 heavy (non-hydrogen) atoms. The predicted octanol–water partition coefficient (Wildman–Crippen LogP) is 1.79. The molecule has 0 aliphatic rings. The second-order valence-corrected chi connectivity index (χ2v) is 6.69. The number of nitrogens with one attached hydrogen (secondary N) is 2. The Morgan fingerprint density at radius 3 is 1.78 bits per heavy atom. The van der Waals surface area contributed by atoms with E-state index in [-0.39, 0.29) is 11.8 Å². The van der Waals surface area contributed by atoms with Crippen molar-refractivity contribution in [2.75, 3.05) is 7.11 Å². The molecule has 4 N–H and O–H groups in total. The standard InChI is InChI=1S/C14H12N2O5S2/c1-21-7-4-2-6(3-5-7)8(9-11(17)15-13(19)22-9)10-12(18)16-14(20)23-10/h2-5,8,17-18H,1H3,(H,15,19)(H,16,20). The molecule has 0 aliphatic heterocycles. The van der Waals surface area contributed by atoms with E-state index in [1.807, 2.05) is 0 Å². The largest absolute Gasteiger partial charge is 0.497 e. The first kappa shape index (κ1) is 15.4. The molecule has 0 unspecified atom stereocenters. The Hall–Kier alpha value is -2.52. The molecule has 0 aliphatic carbocycles. The minimum Gasteiger partial charge on any atom is -0.497 e. The molecule has 0 saturated carbocycles. The van der Waals surface area contributed by atoms with Crippen LogP contribution in [0.1, 0.15) is 21.2 Å². The van der Waals surface area contributed by atoms with Crippen LogP contribution >= 0.6 is 22.7 Å². The van der Waals surface area contributed by atoms with Crippen LogP contribution < -0.4 is 14.5 Å². The maximum atomic E-state index is 11.5. The third-order valence-corrected chi connectivity index (χ3v) is 5.16. The van der Waals surface area contributed by atoms with E-state index in [0.717, 1.165) is 22.7 Å². The van der Waals surface area contributed by atoms with Crippen LogP contribution in [0.4, 0.5) is 0 Å². The monoisotopic (exact) mass is 352 g/mol. The van der Waals surface area contributed by atoms with Gasteiger partial charge in [0.2, 0.25) is 11.8 Å². The van der Waals surface area contributed by atoms with E-state index in [2.05, 4.69) is 9.97 Å². The number of aromatic nitrogens is 2. The molecule has 1 aromatic carbocycles. The van der Waals surface area contributed by atoms with Gasteiger partial charge in [-0.1, -0.05) is 34.8 Å². The minimum absolute atomic E-state index is 0.277. The summed E-state index contributed by atoms with van der Waals surface area (Å²) < 4.78 is 5.11. The van der Waals surface area contributed by atoms with E-state index in [1.54, 1.807) is 31.4 Å². The lowest BCUT2D eigenvalue weighted by atomic mass is 9.96. The summed E-state index contributed by atoms with van der Waals surface area (Å²) in [7, 11) is 1.54. The minimum atomic E-state index is -0.645. The van der Waals surface area contributed by atoms with E-state index in [1.165, 1.54) is 0 Å². The molecule has 0 atom stereocenters. The van der Waals surface area contributed by atoms with Gasteiger partial charge in [0.1, 0.15) is 5.75 Å². The van der Waals surface area contributed by atoms with Gasteiger partial charge in [-0.15, -0.1) is 0 Å². The van der Waals surface area contributed by atoms with Gasteiger partial charge in [-0.25, -0.2) is 0 Å². The highest BCUT2D eigenvalue weighted by atomic mass is 32.1. The first-order valence-electron chi connectivity index (χ1n) is 6.47. The topological polar surface area (TPSA) is 115 Å². The van der Waals surface area contributed by atoms with Crippen molar-refractivity contribution in [3.8, 4) is 17.5 Å². The molecule has 0 amide bonds. The van der Waals surface area contributed by atoms with Crippen LogP contribution in [0.25, 0.3) is 0 Å². The second kappa shape index (κ2) is 5.94. The van der Waals surface area contributed by atoms with Gasteiger partial charge in [0, 0.05) is 0 Å². The Bertz CT molecular complexity index is 881. The fraction of sp³-hybridized carbons (Fsp3) is 0.143. The zero-order chi connectivity index (χ0) is 16.6. The lowest BCUT2D eigenvalue weighted by molar-refractivity contribution is 0.414. The number of methoxy groups -OCH3 is 1. The summed E-state index contributed by atoms with van der Waals surface area (Å²) in [4.78, 5) is 27.5. The molecule has 2 heterocycles. The molecule has 0 radical (unpaired) electrons. The Morgan fingerprint density at radius 1 is 0.957 bits per heavy atom. The zero-order valence-corrected chi connectivity index (χ0v) is 13.5. The number of ether oxygens (including phenoxy) is 1. The highest BCUT2D eigenvalue weighted by molar-refractivity contribution is 7.11. The van der Waals surface area contributed by atoms with Crippen LogP contribution in [0.15, 0.2) is 33.9 Å². The summed E-state index contributed by atoms with van der Waals surface area (Å²) in [6, 6.07) is 6.94. The first-order chi connectivity index (χ1) is 11.0. The molecular formula is C14H12N2O5S2. The van der Waals surface area contributed by atoms with Crippen molar-refractivity contribution in [2.24, 2.45) is 0 Å². The number of H-pyrrole nitrogens is 2. The zero-order valence-electron chi connectivity index (χ0n) is 11.8. The van der Waals surface area contributed by atoms with Gasteiger partial charge in [-0.3, -0.25) is 19.6 Å². The maximum absolute atomic E-state index is 11.5. The summed E-state index contributed by atoms with van der Waals surface area (Å²) in [5.74, 6) is -0.554. The number of benzene rings is 1. The molecule has 0 saturated heterocycles. The van der Waals surface area contributed by atoms with Crippen LogP contribution in [0.5, 0.6) is 17.5 Å². The fourth-order valence-corrected chi connectivity index (χ4v) is 4.08. The Labute approximate surface area is 137 Å². The van der Waals surface area contributed by atoms with E-state index in [9.17, 15) is 19.8 Å². The normalized spacial score (nSPS) is 11.0. The number of aromatic amines is 2. The third-order valence-electron chi connectivity index (χ3n) is 3.29. The van der Waals surface area contributed by atoms with E-state index < -0.39 is 15.7 Å². The number of thiazole rings is 2. The summed E-state index contributed by atoms with van der Waals surface area (Å²) in [5, 5.41) is 20.0. The van der Waals surface area contributed by atoms with Crippen molar-refractivity contribution >= 4 is 22.7 Å². The third kappa shape index (κ3) is 2.88. The number of rotatable bonds is 4. The molecule has 2 aromatic heterocycles. The number of hydrogen-bond donors (Lipinski definition) is 4. The van der Waals surface area contributed by atoms with Crippen LogP contribution in [-0.2, 0) is 0 Å². The lowest BCUT2D eigenvalue weighted by Crippen LogP contribution is -2.00. The fourth-order valence-electron chi connectivity index (χ4n) is 2.27. The van der Waals surface area contributed by atoms with Crippen molar-refractivity contribution in [3.63, 3.8) is 0 Å². The van der Waals surface area contributed by atoms with Gasteiger partial charge in [-0.05, 0) is 17.7 Å². The summed E-state index contributed by atoms with van der Waals surface area (Å²) in [6.07, 6.45) is 0. The van der Waals surface area contributed by atoms with Crippen LogP contribution in [0, 0.1) is 0 Å². The van der Waals surface area contributed by atoms with Crippen LogP contribution in [-0.4, -0.2) is 27.3 Å². The Kier molecular flexibility index (Phi) is 3.97. The van der Waals surface area contributed by atoms with Gasteiger partial charge in [-0.2, -0.15) is 0 Å². The molecular weight excluding hydrogens is 340 g/mol. The Morgan fingerprint density at radius 2 is 1.43 bits per heavy atom. The Balaban J connectivity index is 2.20. The first-order valence-corrected chi connectivity index (χ1v) is 8.10. The number of hydrogen-bond acceptors (Lipinski definition) is 7. The lowest BCUT2D eigenvalue weighted by Gasteiger charge is -2.15. The quantitative estimate of drug-likeness (QED) is 0.571. The van der Waals surface area contributed by atoms with Crippen molar-refractivity contribution in [2.45, 2.75) is 5.92 Å². The van der Waals surface area contributed by atoms with Gasteiger partial charge >= 0.3 is 9.75 Å². The highest BCUT2D eigenvalue weighted by Gasteiger charge is 2.28. The predicted molar refractivity (Wildman–Crippen MR) is 87.1 cm³/mol. The van der Waals surface area contributed by atoms with Gasteiger partial charge in [0.25, 0.3) is 0 Å². The van der Waals surface area contributed by atoms with E-state index in [0.29, 0.717) is 21.1 Å². The maximum Gasteiger partial charge on any atom is 0.307 e. The van der Waals surface area contributed by atoms with Crippen molar-refractivity contribution in [1.29, 1.82) is 0 Å². The molecule has 9 heteroatoms. The average molecular weight is 352 g/mol. The van der Waals surface area contributed by atoms with Gasteiger partial charge < -0.3 is 14.9 Å². The molecule has 3 rings (SSSR count). The molecule has 0 spiro atoms. The molecule has 7 nitrogen and oxygen atoms in total. The summed E-state index contributed by atoms with van der Waals surface area (Å²) in [6.45, 7) is 0. The van der Waals surface area contributed by atoms with Crippen molar-refractivity contribution < 1.29 is 14.9 Å². The number of aromatic hydroxyl groups is 2. The van der Waals surface area contributed by atoms with E-state index in [4.69, 9.17) is 4.74 Å². The molecule has 3 aromatic rings. The molecule has 0 fully saturated rings. The average Bonchev–Trinajstić information content (AvgIpc) is 3.02. The SMILES string of the molecule is COc1ccc(C(c2sc(=O)[nH]c2O)c2sc(=O)[nH]c2O)cc1. The highest BCUT2D eigenvalue weighted by Crippen LogP contribution is 2.42. The van der Waals surface area contributed by atoms with Gasteiger partial charge in [0.15, 0.2) is 0 Å². The molecule has 0 bridgehead atoms. The summed E-state index contributed by atoms with van der Waals surface area (Å²) in [5.41, 5.74) is 0.696. The van der Waals surface area contributed by atoms with Crippen molar-refractivity contribution in [1.82, 2.24) is 9.97 Å². The van der Waals surface area contributed by atoms with E-state index >= 15 is 0 Å². The van der Waals surface area contributed by atoms with Crippen LogP contribution in [0.3, 0.4) is 0 Å². The van der Waals surface area contributed by atoms with Gasteiger partial charge in [0.05, 0.1) is 22.8 Å².